The van der Waals surface area contributed by atoms with Crippen molar-refractivity contribution in [3.8, 4) is 5.69 Å². The fourth-order valence-corrected chi connectivity index (χ4v) is 4.02. The molecule has 1 saturated heterocycles. The average molecular weight is 370 g/mol. The van der Waals surface area contributed by atoms with Crippen molar-refractivity contribution in [1.82, 2.24) is 24.9 Å². The molecule has 136 valence electrons. The van der Waals surface area contributed by atoms with Gasteiger partial charge in [-0.3, -0.25) is 4.57 Å². The Morgan fingerprint density at radius 3 is 2.54 bits per heavy atom. The van der Waals surface area contributed by atoms with E-state index in [0.29, 0.717) is 11.7 Å². The standard InChI is InChI=1S/C18H22N6OS/c1-13(16-19-14(2)22-25-16)26-18-21-20-17(23-11-7-4-8-12-23)24(18)15-9-5-3-6-10-15/h3,5-6,9-10,13H,4,7-8,11-12H2,1-2H3. The normalized spacial score (nSPS) is 16.0. The number of para-hydroxylation sites is 1. The second kappa shape index (κ2) is 7.49. The first-order valence-electron chi connectivity index (χ1n) is 8.95. The van der Waals surface area contributed by atoms with Crippen molar-refractivity contribution < 1.29 is 4.52 Å². The van der Waals surface area contributed by atoms with Crippen molar-refractivity contribution in [3.05, 3.63) is 42.0 Å². The predicted molar refractivity (Wildman–Crippen MR) is 101 cm³/mol. The molecule has 7 nitrogen and oxygen atoms in total. The first kappa shape index (κ1) is 17.1. The molecule has 1 atom stereocenters. The lowest BCUT2D eigenvalue weighted by Gasteiger charge is -2.27. The van der Waals surface area contributed by atoms with E-state index in [9.17, 15) is 0 Å². The lowest BCUT2D eigenvalue weighted by atomic mass is 10.1. The molecule has 0 saturated carbocycles. The molecule has 0 spiro atoms. The maximum atomic E-state index is 5.32. The summed E-state index contributed by atoms with van der Waals surface area (Å²) < 4.78 is 7.45. The Morgan fingerprint density at radius 1 is 1.08 bits per heavy atom. The maximum Gasteiger partial charge on any atom is 0.239 e. The van der Waals surface area contributed by atoms with Crippen LogP contribution in [0.2, 0.25) is 0 Å². The van der Waals surface area contributed by atoms with Gasteiger partial charge in [0.15, 0.2) is 11.0 Å². The molecule has 1 aliphatic heterocycles. The number of benzene rings is 1. The smallest absolute Gasteiger partial charge is 0.239 e. The third-order valence-electron chi connectivity index (χ3n) is 4.44. The quantitative estimate of drug-likeness (QED) is 0.632. The molecule has 0 bridgehead atoms. The summed E-state index contributed by atoms with van der Waals surface area (Å²) in [6.45, 7) is 5.91. The highest BCUT2D eigenvalue weighted by atomic mass is 32.2. The van der Waals surface area contributed by atoms with E-state index in [4.69, 9.17) is 4.52 Å². The SMILES string of the molecule is Cc1noc(C(C)Sc2nnc(N3CCCCC3)n2-c2ccccc2)n1. The van der Waals surface area contributed by atoms with Crippen LogP contribution < -0.4 is 4.90 Å². The number of thioether (sulfide) groups is 1. The van der Waals surface area contributed by atoms with Crippen LogP contribution in [-0.2, 0) is 0 Å². The molecule has 1 aromatic carbocycles. The zero-order valence-electron chi connectivity index (χ0n) is 15.0. The molecule has 3 aromatic rings. The second-order valence-electron chi connectivity index (χ2n) is 6.44. The van der Waals surface area contributed by atoms with Gasteiger partial charge in [0, 0.05) is 13.1 Å². The number of nitrogens with zero attached hydrogens (tertiary/aromatic N) is 6. The van der Waals surface area contributed by atoms with Crippen molar-refractivity contribution in [3.63, 3.8) is 0 Å². The predicted octanol–water partition coefficient (Wildman–Crippen LogP) is 3.80. The van der Waals surface area contributed by atoms with E-state index >= 15 is 0 Å². The van der Waals surface area contributed by atoms with Crippen LogP contribution in [0.15, 0.2) is 40.0 Å². The molecule has 3 heterocycles. The average Bonchev–Trinajstić information content (AvgIpc) is 3.29. The van der Waals surface area contributed by atoms with Gasteiger partial charge in [-0.05, 0) is 45.2 Å². The van der Waals surface area contributed by atoms with Gasteiger partial charge in [-0.15, -0.1) is 10.2 Å². The molecule has 0 N–H and O–H groups in total. The first-order chi connectivity index (χ1) is 12.7. The van der Waals surface area contributed by atoms with Crippen molar-refractivity contribution in [2.24, 2.45) is 0 Å². The number of rotatable bonds is 5. The molecular weight excluding hydrogens is 348 g/mol. The fourth-order valence-electron chi connectivity index (χ4n) is 3.13. The van der Waals surface area contributed by atoms with Gasteiger partial charge >= 0.3 is 0 Å². The van der Waals surface area contributed by atoms with Gasteiger partial charge in [0.25, 0.3) is 0 Å². The molecule has 0 amide bonds. The van der Waals surface area contributed by atoms with Crippen LogP contribution in [0.1, 0.15) is 43.2 Å². The zero-order chi connectivity index (χ0) is 17.9. The fraction of sp³-hybridized carbons (Fsp3) is 0.444. The molecule has 26 heavy (non-hydrogen) atoms. The van der Waals surface area contributed by atoms with Crippen LogP contribution in [0, 0.1) is 6.92 Å². The third kappa shape index (κ3) is 3.46. The van der Waals surface area contributed by atoms with E-state index in [1.54, 1.807) is 11.8 Å². The number of hydrogen-bond donors (Lipinski definition) is 0. The highest BCUT2D eigenvalue weighted by Gasteiger charge is 2.24. The summed E-state index contributed by atoms with van der Waals surface area (Å²) in [5, 5.41) is 13.7. The number of aromatic nitrogens is 5. The minimum absolute atomic E-state index is 0.00271. The van der Waals surface area contributed by atoms with Crippen LogP contribution in [0.5, 0.6) is 0 Å². The Labute approximate surface area is 156 Å². The van der Waals surface area contributed by atoms with Gasteiger partial charge in [0.2, 0.25) is 11.8 Å². The number of anilines is 1. The number of hydrogen-bond acceptors (Lipinski definition) is 7. The number of piperidine rings is 1. The Morgan fingerprint density at radius 2 is 1.85 bits per heavy atom. The zero-order valence-corrected chi connectivity index (χ0v) is 15.8. The molecular formula is C18H22N6OS. The van der Waals surface area contributed by atoms with Gasteiger partial charge in [-0.2, -0.15) is 4.98 Å². The van der Waals surface area contributed by atoms with E-state index < -0.39 is 0 Å². The van der Waals surface area contributed by atoms with Gasteiger partial charge < -0.3 is 9.42 Å². The van der Waals surface area contributed by atoms with E-state index in [-0.39, 0.29) is 5.25 Å². The third-order valence-corrected chi connectivity index (χ3v) is 5.47. The Hall–Kier alpha value is -2.35. The molecule has 2 aromatic heterocycles. The number of aryl methyl sites for hydroxylation is 1. The summed E-state index contributed by atoms with van der Waals surface area (Å²) in [6.07, 6.45) is 3.68. The molecule has 8 heteroatoms. The van der Waals surface area contributed by atoms with Gasteiger partial charge in [0.05, 0.1) is 10.9 Å². The molecule has 0 radical (unpaired) electrons. The molecule has 1 fully saturated rings. The highest BCUT2D eigenvalue weighted by molar-refractivity contribution is 7.99. The van der Waals surface area contributed by atoms with Crippen molar-refractivity contribution in [2.45, 2.75) is 43.5 Å². The van der Waals surface area contributed by atoms with Crippen LogP contribution in [0.25, 0.3) is 5.69 Å². The first-order valence-corrected chi connectivity index (χ1v) is 9.83. The van der Waals surface area contributed by atoms with E-state index in [1.165, 1.54) is 19.3 Å². The van der Waals surface area contributed by atoms with Crippen molar-refractivity contribution in [1.29, 1.82) is 0 Å². The van der Waals surface area contributed by atoms with Gasteiger partial charge in [-0.25, -0.2) is 0 Å². The Kier molecular flexibility index (Phi) is 4.92. The van der Waals surface area contributed by atoms with Crippen LogP contribution in [0.3, 0.4) is 0 Å². The summed E-state index contributed by atoms with van der Waals surface area (Å²) in [5.41, 5.74) is 1.06. The summed E-state index contributed by atoms with van der Waals surface area (Å²) in [6, 6.07) is 10.3. The van der Waals surface area contributed by atoms with Crippen LogP contribution >= 0.6 is 11.8 Å². The summed E-state index contributed by atoms with van der Waals surface area (Å²) in [5.74, 6) is 2.16. The van der Waals surface area contributed by atoms with Crippen molar-refractivity contribution >= 4 is 17.7 Å². The summed E-state index contributed by atoms with van der Waals surface area (Å²) in [7, 11) is 0. The summed E-state index contributed by atoms with van der Waals surface area (Å²) in [4.78, 5) is 6.67. The van der Waals surface area contributed by atoms with E-state index in [2.05, 4.69) is 41.9 Å². The van der Waals surface area contributed by atoms with Crippen LogP contribution in [0.4, 0.5) is 5.95 Å². The lowest BCUT2D eigenvalue weighted by molar-refractivity contribution is 0.376. The Bertz CT molecular complexity index is 856. The largest absolute Gasteiger partial charge is 0.341 e. The van der Waals surface area contributed by atoms with Gasteiger partial charge in [0.1, 0.15) is 0 Å². The second-order valence-corrected chi connectivity index (χ2v) is 7.75. The topological polar surface area (TPSA) is 72.9 Å². The maximum absolute atomic E-state index is 5.32. The molecule has 1 unspecified atom stereocenters. The molecule has 1 aliphatic rings. The lowest BCUT2D eigenvalue weighted by Crippen LogP contribution is -2.31. The summed E-state index contributed by atoms with van der Waals surface area (Å²) >= 11 is 1.58. The molecule has 0 aliphatic carbocycles. The van der Waals surface area contributed by atoms with E-state index in [0.717, 1.165) is 29.9 Å². The minimum atomic E-state index is -0.00271. The van der Waals surface area contributed by atoms with E-state index in [1.807, 2.05) is 32.0 Å². The van der Waals surface area contributed by atoms with Gasteiger partial charge in [-0.1, -0.05) is 35.1 Å². The minimum Gasteiger partial charge on any atom is -0.341 e. The highest BCUT2D eigenvalue weighted by Crippen LogP contribution is 2.36. The van der Waals surface area contributed by atoms with Crippen LogP contribution in [-0.4, -0.2) is 38.0 Å². The van der Waals surface area contributed by atoms with Crippen molar-refractivity contribution in [2.75, 3.05) is 18.0 Å². The molecule has 4 rings (SSSR count). The Balaban J connectivity index is 1.68. The monoisotopic (exact) mass is 370 g/mol.